The largest absolute Gasteiger partial charge is 0.497 e. The summed E-state index contributed by atoms with van der Waals surface area (Å²) in [5.41, 5.74) is 1.16. The third-order valence-electron chi connectivity index (χ3n) is 4.07. The quantitative estimate of drug-likeness (QED) is 0.767. The molecule has 2 nitrogen and oxygen atoms in total. The molecule has 2 unspecified atom stereocenters. The molecule has 2 atom stereocenters. The Morgan fingerprint density at radius 3 is 2.80 bits per heavy atom. The Morgan fingerprint density at radius 1 is 1.30 bits per heavy atom. The molecule has 1 N–H and O–H groups in total. The highest BCUT2D eigenvalue weighted by atomic mass is 79.9. The van der Waals surface area contributed by atoms with Crippen molar-refractivity contribution in [3.63, 3.8) is 0 Å². The molecule has 2 rings (SSSR count). The van der Waals surface area contributed by atoms with Crippen LogP contribution in [0.3, 0.4) is 0 Å². The van der Waals surface area contributed by atoms with Gasteiger partial charge in [0.25, 0.3) is 0 Å². The van der Waals surface area contributed by atoms with Crippen molar-refractivity contribution < 1.29 is 4.74 Å². The van der Waals surface area contributed by atoms with Gasteiger partial charge in [0.15, 0.2) is 0 Å². The zero-order chi connectivity index (χ0) is 14.5. The van der Waals surface area contributed by atoms with E-state index in [1.54, 1.807) is 7.11 Å². The van der Waals surface area contributed by atoms with Gasteiger partial charge in [-0.15, -0.1) is 0 Å². The molecule has 0 radical (unpaired) electrons. The Hall–Kier alpha value is -0.700. The summed E-state index contributed by atoms with van der Waals surface area (Å²) in [6.07, 6.45) is 6.69. The van der Waals surface area contributed by atoms with Crippen molar-refractivity contribution in [1.29, 1.82) is 0 Å². The molecule has 1 aromatic rings. The van der Waals surface area contributed by atoms with E-state index in [0.717, 1.165) is 27.7 Å². The molecule has 0 heterocycles. The summed E-state index contributed by atoms with van der Waals surface area (Å²) >= 11 is 3.54. The fourth-order valence-corrected chi connectivity index (χ4v) is 3.77. The van der Waals surface area contributed by atoms with Gasteiger partial charge in [0.05, 0.1) is 7.11 Å². The first-order valence-electron chi connectivity index (χ1n) is 7.68. The summed E-state index contributed by atoms with van der Waals surface area (Å²) < 4.78 is 6.39. The van der Waals surface area contributed by atoms with Crippen LogP contribution in [0.5, 0.6) is 5.75 Å². The molecule has 1 saturated carbocycles. The lowest BCUT2D eigenvalue weighted by Crippen LogP contribution is -2.27. The maximum atomic E-state index is 5.33. The van der Waals surface area contributed by atoms with Gasteiger partial charge in [-0.05, 0) is 43.2 Å². The lowest BCUT2D eigenvalue weighted by molar-refractivity contribution is 0.289. The first kappa shape index (κ1) is 15.7. The Morgan fingerprint density at radius 2 is 2.10 bits per heavy atom. The highest BCUT2D eigenvalue weighted by Crippen LogP contribution is 2.32. The van der Waals surface area contributed by atoms with Gasteiger partial charge in [-0.25, -0.2) is 0 Å². The van der Waals surface area contributed by atoms with Crippen molar-refractivity contribution in [2.45, 2.75) is 52.0 Å². The summed E-state index contributed by atoms with van der Waals surface area (Å²) in [4.78, 5) is 0. The van der Waals surface area contributed by atoms with Crippen molar-refractivity contribution in [2.24, 2.45) is 11.8 Å². The monoisotopic (exact) mass is 339 g/mol. The molecule has 0 aliphatic heterocycles. The molecule has 0 amide bonds. The van der Waals surface area contributed by atoms with Crippen LogP contribution in [0.4, 0.5) is 5.69 Å². The third kappa shape index (κ3) is 4.69. The minimum Gasteiger partial charge on any atom is -0.497 e. The molecule has 112 valence electrons. The normalized spacial score (nSPS) is 22.9. The number of anilines is 1. The second kappa shape index (κ2) is 7.35. The summed E-state index contributed by atoms with van der Waals surface area (Å²) in [6, 6.07) is 6.81. The van der Waals surface area contributed by atoms with Crippen molar-refractivity contribution in [2.75, 3.05) is 12.4 Å². The highest BCUT2D eigenvalue weighted by molar-refractivity contribution is 9.10. The van der Waals surface area contributed by atoms with Crippen LogP contribution < -0.4 is 10.1 Å². The van der Waals surface area contributed by atoms with Gasteiger partial charge >= 0.3 is 0 Å². The zero-order valence-corrected chi connectivity index (χ0v) is 14.4. The van der Waals surface area contributed by atoms with E-state index in [0.29, 0.717) is 6.04 Å². The molecule has 1 aliphatic rings. The van der Waals surface area contributed by atoms with E-state index in [2.05, 4.69) is 47.2 Å². The first-order valence-corrected chi connectivity index (χ1v) is 8.47. The minimum absolute atomic E-state index is 0.603. The van der Waals surface area contributed by atoms with Crippen LogP contribution in [0.2, 0.25) is 0 Å². The number of rotatable bonds is 5. The van der Waals surface area contributed by atoms with Crippen molar-refractivity contribution in [3.8, 4) is 5.75 Å². The van der Waals surface area contributed by atoms with E-state index < -0.39 is 0 Å². The summed E-state index contributed by atoms with van der Waals surface area (Å²) in [6.45, 7) is 4.66. The summed E-state index contributed by atoms with van der Waals surface area (Å²) in [5, 5.41) is 3.69. The number of hydrogen-bond donors (Lipinski definition) is 1. The Labute approximate surface area is 131 Å². The molecule has 3 heteroatoms. The lowest BCUT2D eigenvalue weighted by Gasteiger charge is -2.31. The number of halogens is 1. The minimum atomic E-state index is 0.603. The first-order chi connectivity index (χ1) is 9.56. The number of methoxy groups -OCH3 is 1. The molecule has 20 heavy (non-hydrogen) atoms. The van der Waals surface area contributed by atoms with E-state index in [4.69, 9.17) is 4.74 Å². The average Bonchev–Trinajstić information content (AvgIpc) is 2.37. The van der Waals surface area contributed by atoms with Gasteiger partial charge in [-0.1, -0.05) is 42.6 Å². The number of ether oxygens (including phenoxy) is 1. The van der Waals surface area contributed by atoms with Gasteiger partial charge in [0.2, 0.25) is 0 Å². The van der Waals surface area contributed by atoms with E-state index in [1.165, 1.54) is 32.1 Å². The second-order valence-electron chi connectivity index (χ2n) is 6.38. The van der Waals surface area contributed by atoms with Gasteiger partial charge < -0.3 is 10.1 Å². The van der Waals surface area contributed by atoms with Crippen LogP contribution in [0, 0.1) is 11.8 Å². The standard InChI is InChI=1S/C17H26BrNO/c1-12(2)7-13-5-4-6-15(8-13)19-16-9-14(18)10-17(11-16)20-3/h9-13,15,19H,4-8H2,1-3H3. The second-order valence-corrected chi connectivity index (χ2v) is 7.30. The maximum absolute atomic E-state index is 5.33. The van der Waals surface area contributed by atoms with E-state index in [-0.39, 0.29) is 0 Å². The third-order valence-corrected chi connectivity index (χ3v) is 4.52. The number of benzene rings is 1. The predicted octanol–water partition coefficient (Wildman–Crippen LogP) is 5.47. The van der Waals surface area contributed by atoms with Crippen LogP contribution in [-0.2, 0) is 0 Å². The molecule has 0 spiro atoms. The van der Waals surface area contributed by atoms with Crippen molar-refractivity contribution in [3.05, 3.63) is 22.7 Å². The van der Waals surface area contributed by atoms with Crippen molar-refractivity contribution in [1.82, 2.24) is 0 Å². The molecular weight excluding hydrogens is 314 g/mol. The molecule has 1 aliphatic carbocycles. The van der Waals surface area contributed by atoms with Crippen LogP contribution in [0.1, 0.15) is 46.0 Å². The maximum Gasteiger partial charge on any atom is 0.122 e. The van der Waals surface area contributed by atoms with Crippen LogP contribution in [0.15, 0.2) is 22.7 Å². The smallest absolute Gasteiger partial charge is 0.122 e. The van der Waals surface area contributed by atoms with Crippen LogP contribution in [-0.4, -0.2) is 13.2 Å². The number of nitrogens with one attached hydrogen (secondary N) is 1. The van der Waals surface area contributed by atoms with Crippen molar-refractivity contribution >= 4 is 21.6 Å². The molecule has 1 aromatic carbocycles. The van der Waals surface area contributed by atoms with Gasteiger partial charge in [-0.3, -0.25) is 0 Å². The fraction of sp³-hybridized carbons (Fsp3) is 0.647. The van der Waals surface area contributed by atoms with Crippen LogP contribution >= 0.6 is 15.9 Å². The van der Waals surface area contributed by atoms with E-state index in [9.17, 15) is 0 Å². The molecule has 1 fully saturated rings. The summed E-state index contributed by atoms with van der Waals surface area (Å²) in [5.74, 6) is 2.59. The van der Waals surface area contributed by atoms with Gasteiger partial charge in [-0.2, -0.15) is 0 Å². The Bertz CT molecular complexity index is 433. The van der Waals surface area contributed by atoms with E-state index in [1.807, 2.05) is 6.07 Å². The molecule has 0 saturated heterocycles. The topological polar surface area (TPSA) is 21.3 Å². The van der Waals surface area contributed by atoms with E-state index >= 15 is 0 Å². The molecule has 0 aromatic heterocycles. The molecular formula is C17H26BrNO. The van der Waals surface area contributed by atoms with Crippen LogP contribution in [0.25, 0.3) is 0 Å². The van der Waals surface area contributed by atoms with Gasteiger partial charge in [0.1, 0.15) is 5.75 Å². The summed E-state index contributed by atoms with van der Waals surface area (Å²) in [7, 11) is 1.71. The molecule has 0 bridgehead atoms. The SMILES string of the molecule is COc1cc(Br)cc(NC2CCCC(CC(C)C)C2)c1. The van der Waals surface area contributed by atoms with Gasteiger partial charge in [0, 0.05) is 22.3 Å². The Kier molecular flexibility index (Phi) is 5.76. The number of hydrogen-bond acceptors (Lipinski definition) is 2. The fourth-order valence-electron chi connectivity index (χ4n) is 3.30. The lowest BCUT2D eigenvalue weighted by atomic mass is 9.81. The zero-order valence-electron chi connectivity index (χ0n) is 12.8. The Balaban J connectivity index is 1.97. The predicted molar refractivity (Wildman–Crippen MR) is 89.5 cm³/mol. The average molecular weight is 340 g/mol. The highest BCUT2D eigenvalue weighted by Gasteiger charge is 2.22.